The van der Waals surface area contributed by atoms with Crippen LogP contribution in [0.1, 0.15) is 19.2 Å². The van der Waals surface area contributed by atoms with Gasteiger partial charge in [-0.25, -0.2) is 4.98 Å². The predicted molar refractivity (Wildman–Crippen MR) is 48.1 cm³/mol. The second-order valence-corrected chi connectivity index (χ2v) is 2.99. The molecule has 0 aliphatic rings. The van der Waals surface area contributed by atoms with Crippen LogP contribution < -0.4 is 5.32 Å². The summed E-state index contributed by atoms with van der Waals surface area (Å²) < 4.78 is 1.55. The summed E-state index contributed by atoms with van der Waals surface area (Å²) in [7, 11) is 1.74. The van der Waals surface area contributed by atoms with Crippen LogP contribution in [0.3, 0.4) is 0 Å². The Labute approximate surface area is 81.3 Å². The molecular formula is C8H12N4O2. The van der Waals surface area contributed by atoms with Gasteiger partial charge in [-0.1, -0.05) is 0 Å². The Balaban J connectivity index is 2.34. The fraction of sp³-hybridized carbons (Fsp3) is 0.500. The van der Waals surface area contributed by atoms with Crippen LogP contribution in [0.15, 0.2) is 6.33 Å². The smallest absolute Gasteiger partial charge is 0.227 e. The Morgan fingerprint density at radius 3 is 2.79 bits per heavy atom. The van der Waals surface area contributed by atoms with Crippen LogP contribution in [-0.2, 0) is 23.2 Å². The average molecular weight is 196 g/mol. The van der Waals surface area contributed by atoms with E-state index in [1.165, 1.54) is 6.92 Å². The number of carbonyl (C=O) groups is 2. The number of aryl methyl sites for hydroxylation is 1. The summed E-state index contributed by atoms with van der Waals surface area (Å²) in [6.45, 7) is 1.63. The molecule has 0 fully saturated rings. The van der Waals surface area contributed by atoms with Crippen molar-refractivity contribution >= 4 is 11.7 Å². The molecule has 0 aromatic carbocycles. The Bertz CT molecular complexity index is 345. The Hall–Kier alpha value is -1.72. The zero-order valence-corrected chi connectivity index (χ0v) is 8.15. The van der Waals surface area contributed by atoms with Crippen molar-refractivity contribution in [2.45, 2.75) is 19.9 Å². The molecule has 1 aromatic rings. The highest BCUT2D eigenvalue weighted by atomic mass is 16.2. The summed E-state index contributed by atoms with van der Waals surface area (Å²) in [5.74, 6) is 0.0748. The lowest BCUT2D eigenvalue weighted by atomic mass is 10.3. The number of hydrogen-bond donors (Lipinski definition) is 1. The number of nitrogens with one attached hydrogen (secondary N) is 1. The molecule has 0 bridgehead atoms. The van der Waals surface area contributed by atoms with Gasteiger partial charge >= 0.3 is 0 Å². The SMILES string of the molecule is CC(=O)CC(=O)NCc1ncn(C)n1. The standard InChI is InChI=1S/C8H12N4O2/c1-6(13)3-8(14)9-4-7-10-5-12(2)11-7/h5H,3-4H2,1-2H3,(H,9,14). The molecule has 0 radical (unpaired) electrons. The monoisotopic (exact) mass is 196 g/mol. The van der Waals surface area contributed by atoms with Crippen LogP contribution in [0, 0.1) is 0 Å². The minimum atomic E-state index is -0.301. The maximum absolute atomic E-state index is 11.0. The van der Waals surface area contributed by atoms with Crippen molar-refractivity contribution < 1.29 is 9.59 Å². The normalized spacial score (nSPS) is 9.86. The van der Waals surface area contributed by atoms with E-state index in [-0.39, 0.29) is 24.7 Å². The molecule has 1 N–H and O–H groups in total. The minimum absolute atomic E-state index is 0.0904. The zero-order valence-electron chi connectivity index (χ0n) is 8.15. The average Bonchev–Trinajstić information content (AvgIpc) is 2.47. The molecule has 0 saturated heterocycles. The molecule has 0 saturated carbocycles. The second-order valence-electron chi connectivity index (χ2n) is 2.99. The topological polar surface area (TPSA) is 76.9 Å². The molecule has 76 valence electrons. The van der Waals surface area contributed by atoms with Gasteiger partial charge in [-0.05, 0) is 6.92 Å². The maximum Gasteiger partial charge on any atom is 0.227 e. The van der Waals surface area contributed by atoms with E-state index in [4.69, 9.17) is 0 Å². The first-order valence-electron chi connectivity index (χ1n) is 4.18. The van der Waals surface area contributed by atoms with Gasteiger partial charge in [0.25, 0.3) is 0 Å². The third-order valence-corrected chi connectivity index (χ3v) is 1.50. The highest BCUT2D eigenvalue weighted by Crippen LogP contribution is 1.88. The predicted octanol–water partition coefficient (Wildman–Crippen LogP) is -0.590. The van der Waals surface area contributed by atoms with Crippen molar-refractivity contribution in [1.82, 2.24) is 20.1 Å². The van der Waals surface area contributed by atoms with Gasteiger partial charge in [0.05, 0.1) is 13.0 Å². The van der Waals surface area contributed by atoms with Crippen molar-refractivity contribution in [3.63, 3.8) is 0 Å². The zero-order chi connectivity index (χ0) is 10.6. The molecule has 0 atom stereocenters. The van der Waals surface area contributed by atoms with E-state index in [1.54, 1.807) is 18.1 Å². The molecule has 6 nitrogen and oxygen atoms in total. The molecule has 14 heavy (non-hydrogen) atoms. The summed E-state index contributed by atoms with van der Waals surface area (Å²) in [5.41, 5.74) is 0. The molecule has 1 aromatic heterocycles. The van der Waals surface area contributed by atoms with Gasteiger partial charge in [0.15, 0.2) is 5.82 Å². The Morgan fingerprint density at radius 2 is 2.29 bits per heavy atom. The summed E-state index contributed by atoms with van der Waals surface area (Å²) >= 11 is 0. The van der Waals surface area contributed by atoms with Crippen molar-refractivity contribution in [2.24, 2.45) is 7.05 Å². The molecular weight excluding hydrogens is 184 g/mol. The van der Waals surface area contributed by atoms with Crippen LogP contribution in [0.25, 0.3) is 0 Å². The summed E-state index contributed by atoms with van der Waals surface area (Å²) in [5, 5.41) is 6.51. The van der Waals surface area contributed by atoms with E-state index in [1.807, 2.05) is 0 Å². The van der Waals surface area contributed by atoms with E-state index in [0.717, 1.165) is 0 Å². The first kappa shape index (κ1) is 10.4. The molecule has 1 rings (SSSR count). The van der Waals surface area contributed by atoms with Crippen LogP contribution in [0.2, 0.25) is 0 Å². The van der Waals surface area contributed by atoms with Gasteiger partial charge < -0.3 is 5.32 Å². The maximum atomic E-state index is 11.0. The third kappa shape index (κ3) is 3.34. The van der Waals surface area contributed by atoms with Gasteiger partial charge in [0.1, 0.15) is 12.1 Å². The Morgan fingerprint density at radius 1 is 1.57 bits per heavy atom. The molecule has 0 unspecified atom stereocenters. The molecule has 0 spiro atoms. The van der Waals surface area contributed by atoms with E-state index in [0.29, 0.717) is 5.82 Å². The van der Waals surface area contributed by atoms with E-state index in [9.17, 15) is 9.59 Å². The summed E-state index contributed by atoms with van der Waals surface area (Å²) in [6.07, 6.45) is 1.46. The van der Waals surface area contributed by atoms with Gasteiger partial charge in [-0.15, -0.1) is 0 Å². The van der Waals surface area contributed by atoms with Crippen molar-refractivity contribution in [3.05, 3.63) is 12.2 Å². The van der Waals surface area contributed by atoms with Gasteiger partial charge in [0, 0.05) is 7.05 Å². The molecule has 0 aliphatic carbocycles. The quantitative estimate of drug-likeness (QED) is 0.653. The lowest BCUT2D eigenvalue weighted by molar-refractivity contribution is -0.127. The number of nitrogens with zero attached hydrogens (tertiary/aromatic N) is 3. The number of Topliss-reactive ketones (excluding diaryl/α,β-unsaturated/α-hetero) is 1. The minimum Gasteiger partial charge on any atom is -0.348 e. The summed E-state index contributed by atoms with van der Waals surface area (Å²) in [6, 6.07) is 0. The summed E-state index contributed by atoms with van der Waals surface area (Å²) in [4.78, 5) is 25.5. The number of aromatic nitrogens is 3. The highest BCUT2D eigenvalue weighted by Gasteiger charge is 2.05. The first-order valence-corrected chi connectivity index (χ1v) is 4.18. The van der Waals surface area contributed by atoms with Gasteiger partial charge in [-0.3, -0.25) is 14.3 Å². The number of rotatable bonds is 4. The third-order valence-electron chi connectivity index (χ3n) is 1.50. The number of carbonyl (C=O) groups excluding carboxylic acids is 2. The van der Waals surface area contributed by atoms with Gasteiger partial charge in [0.2, 0.25) is 5.91 Å². The first-order chi connectivity index (χ1) is 6.58. The molecule has 0 aliphatic heterocycles. The number of hydrogen-bond acceptors (Lipinski definition) is 4. The largest absolute Gasteiger partial charge is 0.348 e. The van der Waals surface area contributed by atoms with Crippen molar-refractivity contribution in [2.75, 3.05) is 0 Å². The fourth-order valence-corrected chi connectivity index (χ4v) is 0.931. The van der Waals surface area contributed by atoms with Crippen LogP contribution in [-0.4, -0.2) is 26.5 Å². The van der Waals surface area contributed by atoms with Crippen molar-refractivity contribution in [1.29, 1.82) is 0 Å². The van der Waals surface area contributed by atoms with Crippen LogP contribution in [0.5, 0.6) is 0 Å². The van der Waals surface area contributed by atoms with Crippen LogP contribution in [0.4, 0.5) is 0 Å². The molecule has 1 heterocycles. The fourth-order valence-electron chi connectivity index (χ4n) is 0.931. The number of ketones is 1. The van der Waals surface area contributed by atoms with Crippen molar-refractivity contribution in [3.8, 4) is 0 Å². The van der Waals surface area contributed by atoms with Gasteiger partial charge in [-0.2, -0.15) is 5.10 Å². The number of amides is 1. The van der Waals surface area contributed by atoms with E-state index in [2.05, 4.69) is 15.4 Å². The van der Waals surface area contributed by atoms with Crippen LogP contribution >= 0.6 is 0 Å². The second kappa shape index (κ2) is 4.50. The highest BCUT2D eigenvalue weighted by molar-refractivity contribution is 5.96. The lowest BCUT2D eigenvalue weighted by Gasteiger charge is -1.99. The molecule has 6 heteroatoms. The lowest BCUT2D eigenvalue weighted by Crippen LogP contribution is -2.25. The Kier molecular flexibility index (Phi) is 3.33. The van der Waals surface area contributed by atoms with E-state index < -0.39 is 0 Å². The molecule has 1 amide bonds. The van der Waals surface area contributed by atoms with E-state index >= 15 is 0 Å².